The molecule has 0 bridgehead atoms. The van der Waals surface area contributed by atoms with Gasteiger partial charge in [0.1, 0.15) is 11.5 Å². The van der Waals surface area contributed by atoms with Gasteiger partial charge in [-0.15, -0.1) is 10.2 Å². The van der Waals surface area contributed by atoms with E-state index >= 15 is 0 Å². The van der Waals surface area contributed by atoms with Crippen molar-refractivity contribution in [1.82, 2.24) is 15.5 Å². The second kappa shape index (κ2) is 9.55. The van der Waals surface area contributed by atoms with Gasteiger partial charge in [0, 0.05) is 19.4 Å². The van der Waals surface area contributed by atoms with Gasteiger partial charge >= 0.3 is 0 Å². The van der Waals surface area contributed by atoms with Crippen molar-refractivity contribution in [3.63, 3.8) is 0 Å². The highest BCUT2D eigenvalue weighted by Gasteiger charge is 2.14. The fourth-order valence-corrected chi connectivity index (χ4v) is 2.84. The first-order valence-corrected chi connectivity index (χ1v) is 9.05. The molecule has 1 N–H and O–H groups in total. The maximum Gasteiger partial charge on any atom is 0.251 e. The van der Waals surface area contributed by atoms with E-state index in [0.29, 0.717) is 36.9 Å². The van der Waals surface area contributed by atoms with Crippen LogP contribution in [0.2, 0.25) is 0 Å². The highest BCUT2D eigenvalue weighted by atomic mass is 16.5. The minimum atomic E-state index is -0.0630. The lowest BCUT2D eigenvalue weighted by Crippen LogP contribution is -2.26. The van der Waals surface area contributed by atoms with E-state index in [0.717, 1.165) is 16.9 Å². The Morgan fingerprint density at radius 1 is 0.964 bits per heavy atom. The fourth-order valence-electron chi connectivity index (χ4n) is 2.84. The third-order valence-electron chi connectivity index (χ3n) is 4.28. The Morgan fingerprint density at radius 2 is 1.68 bits per heavy atom. The predicted octanol–water partition coefficient (Wildman–Crippen LogP) is 3.05. The largest absolute Gasteiger partial charge is 0.496 e. The maximum atomic E-state index is 12.1. The molecule has 0 aliphatic rings. The molecule has 7 nitrogen and oxygen atoms in total. The van der Waals surface area contributed by atoms with Crippen LogP contribution in [0.25, 0.3) is 11.5 Å². The molecule has 0 radical (unpaired) electrons. The van der Waals surface area contributed by atoms with Crippen molar-refractivity contribution in [1.29, 1.82) is 0 Å². The lowest BCUT2D eigenvalue weighted by atomic mass is 10.1. The molecular weight excluding hydrogens is 358 g/mol. The standard InChI is InChI=1S/C21H23N3O4/c1-26-17-9-5-3-7-15(17)13-14-22-19(25)11-12-20-23-24-21(28-20)16-8-4-6-10-18(16)27-2/h3-10H,11-14H2,1-2H3,(H,22,25). The molecule has 0 aliphatic carbocycles. The molecule has 1 amide bonds. The number of hydrogen-bond donors (Lipinski definition) is 1. The summed E-state index contributed by atoms with van der Waals surface area (Å²) >= 11 is 0. The summed E-state index contributed by atoms with van der Waals surface area (Å²) in [6.07, 6.45) is 1.36. The average Bonchev–Trinajstić information content (AvgIpc) is 3.21. The molecule has 1 aromatic heterocycles. The Morgan fingerprint density at radius 3 is 2.46 bits per heavy atom. The number of para-hydroxylation sites is 2. The van der Waals surface area contributed by atoms with Gasteiger partial charge < -0.3 is 19.2 Å². The highest BCUT2D eigenvalue weighted by Crippen LogP contribution is 2.28. The van der Waals surface area contributed by atoms with Gasteiger partial charge in [-0.1, -0.05) is 30.3 Å². The minimum absolute atomic E-state index is 0.0630. The Hall–Kier alpha value is -3.35. The van der Waals surface area contributed by atoms with Crippen LogP contribution >= 0.6 is 0 Å². The molecule has 0 atom stereocenters. The summed E-state index contributed by atoms with van der Waals surface area (Å²) < 4.78 is 16.3. The van der Waals surface area contributed by atoms with Crippen LogP contribution in [0.3, 0.4) is 0 Å². The van der Waals surface area contributed by atoms with Crippen molar-refractivity contribution in [2.75, 3.05) is 20.8 Å². The van der Waals surface area contributed by atoms with E-state index in [1.54, 1.807) is 14.2 Å². The van der Waals surface area contributed by atoms with Crippen LogP contribution < -0.4 is 14.8 Å². The quantitative estimate of drug-likeness (QED) is 0.613. The zero-order chi connectivity index (χ0) is 19.8. The molecular formula is C21H23N3O4. The zero-order valence-corrected chi connectivity index (χ0v) is 16.0. The van der Waals surface area contributed by atoms with E-state index in [4.69, 9.17) is 13.9 Å². The summed E-state index contributed by atoms with van der Waals surface area (Å²) in [4.78, 5) is 12.1. The Bertz CT molecular complexity index is 923. The number of aromatic nitrogens is 2. The van der Waals surface area contributed by atoms with Crippen molar-refractivity contribution in [3.8, 4) is 23.0 Å². The van der Waals surface area contributed by atoms with Gasteiger partial charge in [-0.05, 0) is 30.2 Å². The number of benzene rings is 2. The fraction of sp³-hybridized carbons (Fsp3) is 0.286. The molecule has 1 heterocycles. The molecule has 146 valence electrons. The molecule has 0 unspecified atom stereocenters. The first kappa shape index (κ1) is 19.4. The van der Waals surface area contributed by atoms with Crippen LogP contribution in [-0.4, -0.2) is 36.9 Å². The number of nitrogens with one attached hydrogen (secondary N) is 1. The summed E-state index contributed by atoms with van der Waals surface area (Å²) in [6.45, 7) is 0.537. The van der Waals surface area contributed by atoms with Gasteiger partial charge in [-0.2, -0.15) is 0 Å². The number of methoxy groups -OCH3 is 2. The van der Waals surface area contributed by atoms with Gasteiger partial charge in [0.15, 0.2) is 0 Å². The van der Waals surface area contributed by atoms with E-state index in [2.05, 4.69) is 15.5 Å². The van der Waals surface area contributed by atoms with Crippen molar-refractivity contribution in [2.24, 2.45) is 0 Å². The number of carbonyl (C=O) groups is 1. The minimum Gasteiger partial charge on any atom is -0.496 e. The first-order chi connectivity index (χ1) is 13.7. The van der Waals surface area contributed by atoms with Crippen LogP contribution in [0.5, 0.6) is 11.5 Å². The highest BCUT2D eigenvalue weighted by molar-refractivity contribution is 5.76. The second-order valence-corrected chi connectivity index (χ2v) is 6.11. The Labute approximate surface area is 163 Å². The van der Waals surface area contributed by atoms with Gasteiger partial charge in [-0.25, -0.2) is 0 Å². The monoisotopic (exact) mass is 381 g/mol. The van der Waals surface area contributed by atoms with Crippen LogP contribution in [0.15, 0.2) is 52.9 Å². The van der Waals surface area contributed by atoms with Crippen molar-refractivity contribution >= 4 is 5.91 Å². The smallest absolute Gasteiger partial charge is 0.251 e. The molecule has 7 heteroatoms. The topological polar surface area (TPSA) is 86.5 Å². The van der Waals surface area contributed by atoms with Crippen molar-refractivity contribution in [2.45, 2.75) is 19.3 Å². The molecule has 0 saturated carbocycles. The molecule has 3 rings (SSSR count). The van der Waals surface area contributed by atoms with Gasteiger partial charge in [0.25, 0.3) is 5.89 Å². The SMILES string of the molecule is COc1ccccc1CCNC(=O)CCc1nnc(-c2ccccc2OC)o1. The molecule has 0 fully saturated rings. The number of nitrogens with zero attached hydrogens (tertiary/aromatic N) is 2. The normalized spacial score (nSPS) is 10.5. The summed E-state index contributed by atoms with van der Waals surface area (Å²) in [5, 5.41) is 11.0. The van der Waals surface area contributed by atoms with Crippen LogP contribution in [0.1, 0.15) is 17.9 Å². The lowest BCUT2D eigenvalue weighted by molar-refractivity contribution is -0.121. The summed E-state index contributed by atoms with van der Waals surface area (Å²) in [6, 6.07) is 15.2. The lowest BCUT2D eigenvalue weighted by Gasteiger charge is -2.08. The third-order valence-corrected chi connectivity index (χ3v) is 4.28. The average molecular weight is 381 g/mol. The van der Waals surface area contributed by atoms with Crippen LogP contribution in [-0.2, 0) is 17.6 Å². The number of amides is 1. The van der Waals surface area contributed by atoms with Crippen molar-refractivity contribution < 1.29 is 18.7 Å². The number of ether oxygens (including phenoxy) is 2. The van der Waals surface area contributed by atoms with Gasteiger partial charge in [0.05, 0.1) is 19.8 Å². The first-order valence-electron chi connectivity index (χ1n) is 9.05. The molecule has 0 saturated heterocycles. The molecule has 28 heavy (non-hydrogen) atoms. The van der Waals surface area contributed by atoms with E-state index in [-0.39, 0.29) is 12.3 Å². The van der Waals surface area contributed by atoms with E-state index < -0.39 is 0 Å². The predicted molar refractivity (Wildman–Crippen MR) is 104 cm³/mol. The Balaban J connectivity index is 1.48. The second-order valence-electron chi connectivity index (χ2n) is 6.11. The van der Waals surface area contributed by atoms with Crippen LogP contribution in [0, 0.1) is 0 Å². The molecule has 3 aromatic rings. The number of rotatable bonds is 9. The number of carbonyl (C=O) groups excluding carboxylic acids is 1. The summed E-state index contributed by atoms with van der Waals surface area (Å²) in [5.41, 5.74) is 1.79. The van der Waals surface area contributed by atoms with Gasteiger partial charge in [0.2, 0.25) is 11.8 Å². The van der Waals surface area contributed by atoms with E-state index in [1.165, 1.54) is 0 Å². The molecule has 0 spiro atoms. The van der Waals surface area contributed by atoms with Crippen LogP contribution in [0.4, 0.5) is 0 Å². The Kier molecular flexibility index (Phi) is 6.62. The van der Waals surface area contributed by atoms with Crippen molar-refractivity contribution in [3.05, 3.63) is 60.0 Å². The summed E-state index contributed by atoms with van der Waals surface area (Å²) in [7, 11) is 3.23. The zero-order valence-electron chi connectivity index (χ0n) is 16.0. The number of aryl methyl sites for hydroxylation is 1. The maximum absolute atomic E-state index is 12.1. The number of hydrogen-bond acceptors (Lipinski definition) is 6. The van der Waals surface area contributed by atoms with E-state index in [1.807, 2.05) is 48.5 Å². The van der Waals surface area contributed by atoms with Gasteiger partial charge in [-0.3, -0.25) is 4.79 Å². The third kappa shape index (κ3) is 4.88. The molecule has 2 aromatic carbocycles. The summed E-state index contributed by atoms with van der Waals surface area (Å²) in [5.74, 6) is 2.22. The molecule has 0 aliphatic heterocycles. The van der Waals surface area contributed by atoms with E-state index in [9.17, 15) is 4.79 Å².